The summed E-state index contributed by atoms with van der Waals surface area (Å²) in [5, 5.41) is 10.9. The van der Waals surface area contributed by atoms with E-state index < -0.39 is 0 Å². The third-order valence-electron chi connectivity index (χ3n) is 4.17. The van der Waals surface area contributed by atoms with E-state index in [1.807, 2.05) is 16.7 Å². The maximum absolute atomic E-state index is 9.47. The van der Waals surface area contributed by atoms with Gasteiger partial charge in [0, 0.05) is 11.9 Å². The van der Waals surface area contributed by atoms with Crippen LogP contribution in [0.5, 0.6) is 0 Å². The van der Waals surface area contributed by atoms with Crippen molar-refractivity contribution in [3.8, 4) is 6.07 Å². The van der Waals surface area contributed by atoms with Gasteiger partial charge in [-0.2, -0.15) is 5.26 Å². The first-order chi connectivity index (χ1) is 10.7. The first-order valence-corrected chi connectivity index (χ1v) is 7.78. The lowest BCUT2D eigenvalue weighted by atomic mass is 10.1. The molecule has 0 unspecified atom stereocenters. The standard InChI is InChI=1S/C19H17ClN2/c1-3-14-8-9-18-16(10-14)17(11-21)19(20)22(18)12-15-7-5-4-6-13(15)2/h4-10H,3,12H2,1-2H3. The maximum atomic E-state index is 9.47. The molecule has 22 heavy (non-hydrogen) atoms. The van der Waals surface area contributed by atoms with Gasteiger partial charge in [0.25, 0.3) is 0 Å². The van der Waals surface area contributed by atoms with Crippen LogP contribution in [0.25, 0.3) is 10.9 Å². The minimum atomic E-state index is 0.522. The van der Waals surface area contributed by atoms with Crippen LogP contribution in [0.2, 0.25) is 5.15 Å². The van der Waals surface area contributed by atoms with Gasteiger partial charge in [0.15, 0.2) is 0 Å². The summed E-state index contributed by atoms with van der Waals surface area (Å²) >= 11 is 6.49. The van der Waals surface area contributed by atoms with E-state index in [0.29, 0.717) is 17.3 Å². The summed E-state index contributed by atoms with van der Waals surface area (Å²) in [5.74, 6) is 0. The smallest absolute Gasteiger partial charge is 0.128 e. The SMILES string of the molecule is CCc1ccc2c(c1)c(C#N)c(Cl)n2Cc1ccccc1C. The number of hydrogen-bond acceptors (Lipinski definition) is 1. The second-order valence-corrected chi connectivity index (χ2v) is 5.85. The van der Waals surface area contributed by atoms with Crippen LogP contribution in [0.3, 0.4) is 0 Å². The third kappa shape index (κ3) is 2.38. The second kappa shape index (κ2) is 5.87. The Morgan fingerprint density at radius 3 is 2.64 bits per heavy atom. The van der Waals surface area contributed by atoms with Crippen molar-refractivity contribution in [1.29, 1.82) is 5.26 Å². The van der Waals surface area contributed by atoms with Crippen LogP contribution in [0.15, 0.2) is 42.5 Å². The number of benzene rings is 2. The predicted molar refractivity (Wildman–Crippen MR) is 91.3 cm³/mol. The number of nitriles is 1. The van der Waals surface area contributed by atoms with Crippen LogP contribution in [0, 0.1) is 18.3 Å². The van der Waals surface area contributed by atoms with E-state index in [0.717, 1.165) is 17.3 Å². The molecule has 0 spiro atoms. The highest BCUT2D eigenvalue weighted by atomic mass is 35.5. The van der Waals surface area contributed by atoms with Gasteiger partial charge in [-0.1, -0.05) is 48.9 Å². The van der Waals surface area contributed by atoms with Crippen molar-refractivity contribution in [3.63, 3.8) is 0 Å². The summed E-state index contributed by atoms with van der Waals surface area (Å²) in [5.41, 5.74) is 5.24. The Morgan fingerprint density at radius 1 is 1.18 bits per heavy atom. The molecule has 0 N–H and O–H groups in total. The molecular weight excluding hydrogens is 292 g/mol. The van der Waals surface area contributed by atoms with Gasteiger partial charge in [0.2, 0.25) is 0 Å². The third-order valence-corrected chi connectivity index (χ3v) is 4.57. The number of fused-ring (bicyclic) bond motifs is 1. The summed E-state index contributed by atoms with van der Waals surface area (Å²) in [6, 6.07) is 16.8. The molecule has 0 amide bonds. The van der Waals surface area contributed by atoms with Crippen molar-refractivity contribution in [2.24, 2.45) is 0 Å². The van der Waals surface area contributed by atoms with Crippen LogP contribution >= 0.6 is 11.6 Å². The molecule has 0 bridgehead atoms. The Labute approximate surface area is 135 Å². The van der Waals surface area contributed by atoms with Crippen molar-refractivity contribution < 1.29 is 0 Å². The average Bonchev–Trinajstić information content (AvgIpc) is 2.80. The summed E-state index contributed by atoms with van der Waals surface area (Å²) < 4.78 is 2.03. The molecule has 0 fully saturated rings. The Hall–Kier alpha value is -2.24. The summed E-state index contributed by atoms with van der Waals surface area (Å²) in [7, 11) is 0. The van der Waals surface area contributed by atoms with Crippen LogP contribution in [0.1, 0.15) is 29.2 Å². The zero-order chi connectivity index (χ0) is 15.7. The monoisotopic (exact) mass is 308 g/mol. The molecule has 0 atom stereocenters. The van der Waals surface area contributed by atoms with Gasteiger partial charge in [-0.05, 0) is 42.2 Å². The topological polar surface area (TPSA) is 28.7 Å². The number of rotatable bonds is 3. The van der Waals surface area contributed by atoms with Crippen molar-refractivity contribution in [2.45, 2.75) is 26.8 Å². The highest BCUT2D eigenvalue weighted by Gasteiger charge is 2.16. The number of aromatic nitrogens is 1. The molecular formula is C19H17ClN2. The summed E-state index contributed by atoms with van der Waals surface area (Å²) in [6.07, 6.45) is 0.946. The Bertz CT molecular complexity index is 884. The molecule has 2 aromatic carbocycles. The Kier molecular flexibility index (Phi) is 3.92. The molecule has 1 heterocycles. The van der Waals surface area contributed by atoms with Crippen molar-refractivity contribution in [3.05, 3.63) is 69.9 Å². The first-order valence-electron chi connectivity index (χ1n) is 7.41. The zero-order valence-electron chi connectivity index (χ0n) is 12.7. The number of aryl methyl sites for hydroxylation is 2. The normalized spacial score (nSPS) is 10.8. The van der Waals surface area contributed by atoms with E-state index in [2.05, 4.69) is 50.2 Å². The van der Waals surface area contributed by atoms with Crippen molar-refractivity contribution in [1.82, 2.24) is 4.57 Å². The summed E-state index contributed by atoms with van der Waals surface area (Å²) in [6.45, 7) is 4.88. The molecule has 110 valence electrons. The molecule has 0 aliphatic rings. The number of nitrogens with zero attached hydrogens (tertiary/aromatic N) is 2. The molecule has 0 saturated carbocycles. The Balaban J connectivity index is 2.20. The highest BCUT2D eigenvalue weighted by Crippen LogP contribution is 2.31. The molecule has 1 aromatic heterocycles. The number of hydrogen-bond donors (Lipinski definition) is 0. The van der Waals surface area contributed by atoms with Gasteiger partial charge in [0.1, 0.15) is 11.2 Å². The van der Waals surface area contributed by atoms with Crippen LogP contribution in [-0.2, 0) is 13.0 Å². The maximum Gasteiger partial charge on any atom is 0.128 e. The molecule has 0 radical (unpaired) electrons. The molecule has 3 heteroatoms. The van der Waals surface area contributed by atoms with Crippen LogP contribution < -0.4 is 0 Å². The molecule has 0 aliphatic heterocycles. The van der Waals surface area contributed by atoms with Gasteiger partial charge in [-0.25, -0.2) is 0 Å². The minimum absolute atomic E-state index is 0.522. The van der Waals surface area contributed by atoms with Gasteiger partial charge in [-0.15, -0.1) is 0 Å². The van der Waals surface area contributed by atoms with E-state index in [-0.39, 0.29) is 0 Å². The lowest BCUT2D eigenvalue weighted by molar-refractivity contribution is 0.830. The Morgan fingerprint density at radius 2 is 1.95 bits per heavy atom. The first kappa shape index (κ1) is 14.7. The highest BCUT2D eigenvalue weighted by molar-refractivity contribution is 6.32. The molecule has 2 nitrogen and oxygen atoms in total. The van der Waals surface area contributed by atoms with Crippen molar-refractivity contribution in [2.75, 3.05) is 0 Å². The molecule has 0 saturated heterocycles. The quantitative estimate of drug-likeness (QED) is 0.663. The van der Waals surface area contributed by atoms with Gasteiger partial charge in [0.05, 0.1) is 11.1 Å². The van der Waals surface area contributed by atoms with Crippen LogP contribution in [0.4, 0.5) is 0 Å². The molecule has 3 aromatic rings. The lowest BCUT2D eigenvalue weighted by Gasteiger charge is -2.10. The fraction of sp³-hybridized carbons (Fsp3) is 0.211. The van der Waals surface area contributed by atoms with Crippen molar-refractivity contribution >= 4 is 22.5 Å². The molecule has 3 rings (SSSR count). The fourth-order valence-corrected chi connectivity index (χ4v) is 3.10. The minimum Gasteiger partial charge on any atom is -0.326 e. The largest absolute Gasteiger partial charge is 0.326 e. The summed E-state index contributed by atoms with van der Waals surface area (Å²) in [4.78, 5) is 0. The second-order valence-electron chi connectivity index (χ2n) is 5.50. The van der Waals surface area contributed by atoms with E-state index in [1.165, 1.54) is 16.7 Å². The van der Waals surface area contributed by atoms with E-state index in [4.69, 9.17) is 11.6 Å². The van der Waals surface area contributed by atoms with Gasteiger partial charge in [-0.3, -0.25) is 0 Å². The molecule has 0 aliphatic carbocycles. The van der Waals surface area contributed by atoms with E-state index in [1.54, 1.807) is 0 Å². The van der Waals surface area contributed by atoms with Crippen LogP contribution in [-0.4, -0.2) is 4.57 Å². The zero-order valence-corrected chi connectivity index (χ0v) is 13.5. The average molecular weight is 309 g/mol. The lowest BCUT2D eigenvalue weighted by Crippen LogP contribution is -2.01. The predicted octanol–water partition coefficient (Wildman–Crippen LogP) is 5.09. The van der Waals surface area contributed by atoms with Gasteiger partial charge >= 0.3 is 0 Å². The van der Waals surface area contributed by atoms with E-state index >= 15 is 0 Å². The van der Waals surface area contributed by atoms with Gasteiger partial charge < -0.3 is 4.57 Å². The number of halogens is 1. The van der Waals surface area contributed by atoms with E-state index in [9.17, 15) is 5.26 Å². The fourth-order valence-electron chi connectivity index (χ4n) is 2.81.